The van der Waals surface area contributed by atoms with Crippen LogP contribution < -0.4 is 15.4 Å². The Morgan fingerprint density at radius 1 is 1.09 bits per heavy atom. The average Bonchev–Trinajstić information content (AvgIpc) is 3.20. The van der Waals surface area contributed by atoms with Crippen LogP contribution in [0.25, 0.3) is 10.9 Å². The van der Waals surface area contributed by atoms with Gasteiger partial charge in [0.15, 0.2) is 0 Å². The summed E-state index contributed by atoms with van der Waals surface area (Å²) < 4.78 is 7.02. The molecule has 8 heteroatoms. The molecule has 0 saturated heterocycles. The average molecular weight is 449 g/mol. The van der Waals surface area contributed by atoms with Crippen molar-refractivity contribution in [1.29, 1.82) is 0 Å². The van der Waals surface area contributed by atoms with Gasteiger partial charge < -0.3 is 24.8 Å². The van der Waals surface area contributed by atoms with E-state index in [1.807, 2.05) is 66.1 Å². The first-order chi connectivity index (χ1) is 15.9. The van der Waals surface area contributed by atoms with Crippen molar-refractivity contribution in [2.24, 2.45) is 0 Å². The van der Waals surface area contributed by atoms with E-state index in [0.29, 0.717) is 25.3 Å². The van der Waals surface area contributed by atoms with Gasteiger partial charge in [0.05, 0.1) is 20.2 Å². The number of methoxy groups -OCH3 is 1. The summed E-state index contributed by atoms with van der Waals surface area (Å²) in [6.07, 6.45) is 0. The van der Waals surface area contributed by atoms with Gasteiger partial charge in [-0.1, -0.05) is 30.3 Å². The summed E-state index contributed by atoms with van der Waals surface area (Å²) >= 11 is 0. The third-order valence-electron chi connectivity index (χ3n) is 6.20. The molecule has 33 heavy (non-hydrogen) atoms. The molecule has 0 bridgehead atoms. The molecule has 0 fully saturated rings. The number of aromatic nitrogens is 1. The summed E-state index contributed by atoms with van der Waals surface area (Å²) in [6.45, 7) is 4.46. The van der Waals surface area contributed by atoms with E-state index in [0.717, 1.165) is 22.2 Å². The Labute approximate surface area is 192 Å². The predicted octanol–water partition coefficient (Wildman–Crippen LogP) is 2.32. The quantitative estimate of drug-likeness (QED) is 0.580. The van der Waals surface area contributed by atoms with Crippen molar-refractivity contribution in [1.82, 2.24) is 20.1 Å². The summed E-state index contributed by atoms with van der Waals surface area (Å²) in [5.74, 6) is -0.117. The van der Waals surface area contributed by atoms with E-state index in [9.17, 15) is 14.4 Å². The summed E-state index contributed by atoms with van der Waals surface area (Å²) in [7, 11) is 1.60. The lowest BCUT2D eigenvalue weighted by Crippen LogP contribution is -2.64. The van der Waals surface area contributed by atoms with Gasteiger partial charge in [0.2, 0.25) is 11.8 Å². The molecule has 1 aliphatic rings. The zero-order valence-electron chi connectivity index (χ0n) is 19.1. The molecule has 1 atom stereocenters. The van der Waals surface area contributed by atoms with Crippen LogP contribution in [0.3, 0.4) is 0 Å². The van der Waals surface area contributed by atoms with Crippen molar-refractivity contribution >= 4 is 28.6 Å². The van der Waals surface area contributed by atoms with Crippen molar-refractivity contribution in [3.05, 3.63) is 65.9 Å². The highest BCUT2D eigenvalue weighted by atomic mass is 16.5. The van der Waals surface area contributed by atoms with Gasteiger partial charge in [0.25, 0.3) is 5.91 Å². The maximum absolute atomic E-state index is 13.2. The number of benzene rings is 2. The number of hydrogen-bond donors (Lipinski definition) is 2. The number of nitrogens with zero attached hydrogens (tertiary/aromatic N) is 2. The fourth-order valence-corrected chi connectivity index (χ4v) is 4.36. The van der Waals surface area contributed by atoms with Gasteiger partial charge in [-0.3, -0.25) is 14.4 Å². The first-order valence-electron chi connectivity index (χ1n) is 11.0. The Morgan fingerprint density at radius 3 is 2.52 bits per heavy atom. The fraction of sp³-hybridized carbons (Fsp3) is 0.320. The number of ether oxygens (including phenoxy) is 1. The van der Waals surface area contributed by atoms with E-state index in [1.54, 1.807) is 18.9 Å². The SMILES string of the molecule is CCN1C(=O)c2cc3ccccc3n2CC1(C)C(=O)NCC(=O)NCc1ccc(OC)cc1. The van der Waals surface area contributed by atoms with Crippen LogP contribution in [0, 0.1) is 0 Å². The van der Waals surface area contributed by atoms with Crippen LogP contribution in [-0.2, 0) is 22.7 Å². The number of fused-ring (bicyclic) bond motifs is 3. The lowest BCUT2D eigenvalue weighted by Gasteiger charge is -2.43. The van der Waals surface area contributed by atoms with E-state index >= 15 is 0 Å². The minimum Gasteiger partial charge on any atom is -0.497 e. The second-order valence-electron chi connectivity index (χ2n) is 8.31. The summed E-state index contributed by atoms with van der Waals surface area (Å²) in [5, 5.41) is 6.48. The first-order valence-corrected chi connectivity index (χ1v) is 11.0. The number of nitrogens with one attached hydrogen (secondary N) is 2. The third-order valence-corrected chi connectivity index (χ3v) is 6.20. The summed E-state index contributed by atoms with van der Waals surface area (Å²) in [6, 6.07) is 17.0. The van der Waals surface area contributed by atoms with Gasteiger partial charge in [-0.2, -0.15) is 0 Å². The molecule has 3 amide bonds. The molecule has 4 rings (SSSR count). The van der Waals surface area contributed by atoms with Gasteiger partial charge in [0, 0.05) is 24.0 Å². The lowest BCUT2D eigenvalue weighted by atomic mass is 9.95. The molecule has 3 aromatic rings. The molecule has 8 nitrogen and oxygen atoms in total. The maximum Gasteiger partial charge on any atom is 0.271 e. The van der Waals surface area contributed by atoms with Crippen molar-refractivity contribution < 1.29 is 19.1 Å². The Balaban J connectivity index is 1.44. The highest BCUT2D eigenvalue weighted by Gasteiger charge is 2.46. The molecule has 2 aromatic carbocycles. The van der Waals surface area contributed by atoms with Gasteiger partial charge in [0.1, 0.15) is 17.0 Å². The van der Waals surface area contributed by atoms with Gasteiger partial charge in [-0.15, -0.1) is 0 Å². The van der Waals surface area contributed by atoms with Crippen molar-refractivity contribution in [3.63, 3.8) is 0 Å². The smallest absolute Gasteiger partial charge is 0.271 e. The van der Waals surface area contributed by atoms with Crippen LogP contribution in [0.1, 0.15) is 29.9 Å². The lowest BCUT2D eigenvalue weighted by molar-refractivity contribution is -0.134. The molecule has 0 aliphatic carbocycles. The largest absolute Gasteiger partial charge is 0.497 e. The minimum atomic E-state index is -1.11. The number of carbonyl (C=O) groups excluding carboxylic acids is 3. The van der Waals surface area contributed by atoms with Crippen LogP contribution in [0.2, 0.25) is 0 Å². The van der Waals surface area contributed by atoms with E-state index < -0.39 is 5.54 Å². The van der Waals surface area contributed by atoms with Crippen LogP contribution in [0.4, 0.5) is 0 Å². The molecule has 1 aliphatic heterocycles. The Morgan fingerprint density at radius 2 is 1.82 bits per heavy atom. The molecule has 0 radical (unpaired) electrons. The molecule has 0 saturated carbocycles. The number of para-hydroxylation sites is 1. The zero-order valence-corrected chi connectivity index (χ0v) is 19.1. The number of hydrogen-bond acceptors (Lipinski definition) is 4. The predicted molar refractivity (Wildman–Crippen MR) is 125 cm³/mol. The van der Waals surface area contributed by atoms with Crippen molar-refractivity contribution in [3.8, 4) is 5.75 Å². The third kappa shape index (κ3) is 4.16. The fourth-order valence-electron chi connectivity index (χ4n) is 4.36. The second-order valence-corrected chi connectivity index (χ2v) is 8.31. The van der Waals surface area contributed by atoms with E-state index in [2.05, 4.69) is 10.6 Å². The highest BCUT2D eigenvalue weighted by Crippen LogP contribution is 2.32. The highest BCUT2D eigenvalue weighted by molar-refractivity contribution is 6.04. The zero-order chi connectivity index (χ0) is 23.6. The van der Waals surface area contributed by atoms with Crippen molar-refractivity contribution in [2.45, 2.75) is 32.5 Å². The van der Waals surface area contributed by atoms with Crippen molar-refractivity contribution in [2.75, 3.05) is 20.2 Å². The minimum absolute atomic E-state index is 0.171. The monoisotopic (exact) mass is 448 g/mol. The van der Waals surface area contributed by atoms with Gasteiger partial charge >= 0.3 is 0 Å². The molecule has 1 aromatic heterocycles. The van der Waals surface area contributed by atoms with Crippen LogP contribution in [0.15, 0.2) is 54.6 Å². The normalized spacial score (nSPS) is 17.5. The molecule has 2 N–H and O–H groups in total. The maximum atomic E-state index is 13.2. The summed E-state index contributed by atoms with van der Waals surface area (Å²) in [5.41, 5.74) is 1.29. The standard InChI is InChI=1S/C25H28N4O4/c1-4-29-23(31)21-13-18-7-5-6-8-20(18)28(21)16-25(29,2)24(32)27-15-22(30)26-14-17-9-11-19(33-3)12-10-17/h5-13H,4,14-16H2,1-3H3,(H,26,30)(H,27,32). The number of carbonyl (C=O) groups is 3. The van der Waals surface area contributed by atoms with E-state index in [4.69, 9.17) is 4.74 Å². The van der Waals surface area contributed by atoms with Gasteiger partial charge in [-0.05, 0) is 43.7 Å². The molecule has 0 spiro atoms. The molecule has 2 heterocycles. The first kappa shape index (κ1) is 22.4. The van der Waals surface area contributed by atoms with Crippen LogP contribution in [-0.4, -0.2) is 52.9 Å². The Hall–Kier alpha value is -3.81. The topological polar surface area (TPSA) is 92.7 Å². The van der Waals surface area contributed by atoms with Crippen LogP contribution >= 0.6 is 0 Å². The summed E-state index contributed by atoms with van der Waals surface area (Å²) in [4.78, 5) is 40.4. The van der Waals surface area contributed by atoms with E-state index in [-0.39, 0.29) is 24.3 Å². The van der Waals surface area contributed by atoms with E-state index in [1.165, 1.54) is 0 Å². The molecular weight excluding hydrogens is 420 g/mol. The Bertz CT molecular complexity index is 1200. The molecule has 1 unspecified atom stereocenters. The molecule has 172 valence electrons. The second kappa shape index (κ2) is 8.97. The Kier molecular flexibility index (Phi) is 6.09. The number of rotatable bonds is 7. The van der Waals surface area contributed by atoms with Gasteiger partial charge in [-0.25, -0.2) is 0 Å². The molecular formula is C25H28N4O4. The number of likely N-dealkylation sites (N-methyl/N-ethyl adjacent to an activating group) is 1. The van der Waals surface area contributed by atoms with Crippen LogP contribution in [0.5, 0.6) is 5.75 Å². The number of amides is 3.